The van der Waals surface area contributed by atoms with Crippen molar-refractivity contribution in [2.75, 3.05) is 0 Å². The van der Waals surface area contributed by atoms with Crippen LogP contribution in [0, 0.1) is 17.0 Å². The number of rotatable bonds is 4. The Morgan fingerprint density at radius 1 is 1.30 bits per heavy atom. The van der Waals surface area contributed by atoms with E-state index in [1.165, 1.54) is 17.4 Å². The molecule has 0 N–H and O–H groups in total. The van der Waals surface area contributed by atoms with Gasteiger partial charge in [0, 0.05) is 24.4 Å². The van der Waals surface area contributed by atoms with Crippen LogP contribution in [0.4, 0.5) is 5.69 Å². The fraction of sp³-hybridized carbons (Fsp3) is 0.222. The predicted octanol–water partition coefficient (Wildman–Crippen LogP) is 2.90. The first-order valence-electron chi connectivity index (χ1n) is 8.28. The van der Waals surface area contributed by atoms with Gasteiger partial charge in [-0.3, -0.25) is 14.9 Å². The number of amides is 1. The van der Waals surface area contributed by atoms with E-state index in [2.05, 4.69) is 15.0 Å². The van der Waals surface area contributed by atoms with E-state index in [1.54, 1.807) is 24.1 Å². The summed E-state index contributed by atoms with van der Waals surface area (Å²) in [6.07, 6.45) is 1.60. The molecule has 0 radical (unpaired) electrons. The standard InChI is InChI=1S/C18H15N5O3S/c1-11-19-8-12-9-22(10-15(12)20-11)18(24)7-14-16(23(25)26)5-4-13(21-14)17-3-2-6-27-17/h2-6,8H,7,9-10H2,1H3. The van der Waals surface area contributed by atoms with Crippen LogP contribution in [0.25, 0.3) is 10.6 Å². The topological polar surface area (TPSA) is 102 Å². The maximum Gasteiger partial charge on any atom is 0.291 e. The number of aromatic nitrogens is 3. The monoisotopic (exact) mass is 381 g/mol. The second-order valence-electron chi connectivity index (χ2n) is 6.21. The van der Waals surface area contributed by atoms with Crippen LogP contribution in [-0.2, 0) is 24.3 Å². The van der Waals surface area contributed by atoms with E-state index < -0.39 is 4.92 Å². The summed E-state index contributed by atoms with van der Waals surface area (Å²) in [7, 11) is 0. The maximum absolute atomic E-state index is 12.8. The lowest BCUT2D eigenvalue weighted by Crippen LogP contribution is -2.27. The number of nitrogens with zero attached hydrogens (tertiary/aromatic N) is 5. The number of pyridine rings is 1. The van der Waals surface area contributed by atoms with Gasteiger partial charge in [0.2, 0.25) is 5.91 Å². The molecular formula is C18H15N5O3S. The first-order chi connectivity index (χ1) is 13.0. The molecule has 0 atom stereocenters. The Labute approximate surface area is 158 Å². The van der Waals surface area contributed by atoms with E-state index in [-0.39, 0.29) is 23.7 Å². The van der Waals surface area contributed by atoms with Crippen LogP contribution in [-0.4, -0.2) is 30.7 Å². The van der Waals surface area contributed by atoms with Crippen LogP contribution in [0.2, 0.25) is 0 Å². The predicted molar refractivity (Wildman–Crippen MR) is 98.9 cm³/mol. The molecule has 1 amide bonds. The van der Waals surface area contributed by atoms with Crippen LogP contribution in [0.5, 0.6) is 0 Å². The van der Waals surface area contributed by atoms with Gasteiger partial charge in [-0.05, 0) is 24.4 Å². The zero-order valence-electron chi connectivity index (χ0n) is 14.5. The maximum atomic E-state index is 12.8. The number of hydrogen-bond donors (Lipinski definition) is 0. The summed E-state index contributed by atoms with van der Waals surface area (Å²) < 4.78 is 0. The second kappa shape index (κ2) is 6.84. The molecule has 0 aliphatic carbocycles. The molecule has 3 aromatic heterocycles. The lowest BCUT2D eigenvalue weighted by atomic mass is 10.2. The van der Waals surface area contributed by atoms with E-state index in [0.29, 0.717) is 24.6 Å². The molecular weight excluding hydrogens is 366 g/mol. The third kappa shape index (κ3) is 3.41. The lowest BCUT2D eigenvalue weighted by Gasteiger charge is -2.15. The van der Waals surface area contributed by atoms with Gasteiger partial charge in [-0.25, -0.2) is 15.0 Å². The molecule has 0 saturated carbocycles. The minimum absolute atomic E-state index is 0.129. The van der Waals surface area contributed by atoms with Crippen molar-refractivity contribution in [2.24, 2.45) is 0 Å². The molecule has 0 aromatic carbocycles. The van der Waals surface area contributed by atoms with Gasteiger partial charge in [0.1, 0.15) is 11.5 Å². The van der Waals surface area contributed by atoms with E-state index in [1.807, 2.05) is 17.5 Å². The van der Waals surface area contributed by atoms with Crippen molar-refractivity contribution in [3.8, 4) is 10.6 Å². The van der Waals surface area contributed by atoms with Crippen molar-refractivity contribution in [3.05, 3.63) is 68.7 Å². The quantitative estimate of drug-likeness (QED) is 0.509. The average Bonchev–Trinajstić information content (AvgIpc) is 3.30. The van der Waals surface area contributed by atoms with Gasteiger partial charge in [0.15, 0.2) is 0 Å². The fourth-order valence-corrected chi connectivity index (χ4v) is 3.73. The third-order valence-corrected chi connectivity index (χ3v) is 5.26. The van der Waals surface area contributed by atoms with Crippen molar-refractivity contribution in [1.29, 1.82) is 0 Å². The number of carbonyl (C=O) groups excluding carboxylic acids is 1. The molecule has 1 aliphatic heterocycles. The molecule has 136 valence electrons. The number of nitro groups is 1. The smallest absolute Gasteiger partial charge is 0.291 e. The van der Waals surface area contributed by atoms with Crippen molar-refractivity contribution in [1.82, 2.24) is 19.9 Å². The summed E-state index contributed by atoms with van der Waals surface area (Å²) >= 11 is 1.49. The Kier molecular flexibility index (Phi) is 4.36. The average molecular weight is 381 g/mol. The summed E-state index contributed by atoms with van der Waals surface area (Å²) in [4.78, 5) is 39.1. The number of aryl methyl sites for hydroxylation is 1. The Balaban J connectivity index is 1.59. The molecule has 8 nitrogen and oxygen atoms in total. The molecule has 0 unspecified atom stereocenters. The fourth-order valence-electron chi connectivity index (χ4n) is 3.04. The van der Waals surface area contributed by atoms with Gasteiger partial charge < -0.3 is 4.90 Å². The van der Waals surface area contributed by atoms with Gasteiger partial charge >= 0.3 is 0 Å². The summed E-state index contributed by atoms with van der Waals surface area (Å²) in [6.45, 7) is 2.59. The third-order valence-electron chi connectivity index (χ3n) is 4.37. The summed E-state index contributed by atoms with van der Waals surface area (Å²) in [6, 6.07) is 6.81. The highest BCUT2D eigenvalue weighted by molar-refractivity contribution is 7.13. The molecule has 27 heavy (non-hydrogen) atoms. The Morgan fingerprint density at radius 3 is 2.89 bits per heavy atom. The molecule has 3 aromatic rings. The van der Waals surface area contributed by atoms with Crippen LogP contribution in [0.3, 0.4) is 0 Å². The molecule has 0 spiro atoms. The highest BCUT2D eigenvalue weighted by Gasteiger charge is 2.27. The Hall–Kier alpha value is -3.20. The molecule has 4 rings (SSSR count). The van der Waals surface area contributed by atoms with Crippen LogP contribution >= 0.6 is 11.3 Å². The van der Waals surface area contributed by atoms with Gasteiger partial charge in [0.05, 0.1) is 34.2 Å². The molecule has 4 heterocycles. The number of hydrogen-bond acceptors (Lipinski definition) is 7. The minimum Gasteiger partial charge on any atom is -0.332 e. The zero-order valence-corrected chi connectivity index (χ0v) is 15.3. The largest absolute Gasteiger partial charge is 0.332 e. The van der Waals surface area contributed by atoms with Crippen LogP contribution < -0.4 is 0 Å². The molecule has 0 fully saturated rings. The molecule has 9 heteroatoms. The van der Waals surface area contributed by atoms with Crippen molar-refractivity contribution >= 4 is 22.9 Å². The SMILES string of the molecule is Cc1ncc2c(n1)CN(C(=O)Cc1nc(-c3cccs3)ccc1[N+](=O)[O-])C2. The first kappa shape index (κ1) is 17.2. The van der Waals surface area contributed by atoms with Crippen LogP contribution in [0.15, 0.2) is 35.8 Å². The summed E-state index contributed by atoms with van der Waals surface area (Å²) in [5, 5.41) is 13.3. The van der Waals surface area contributed by atoms with E-state index >= 15 is 0 Å². The summed E-state index contributed by atoms with van der Waals surface area (Å²) in [5.74, 6) is 0.439. The van der Waals surface area contributed by atoms with Crippen molar-refractivity contribution in [3.63, 3.8) is 0 Å². The van der Waals surface area contributed by atoms with Gasteiger partial charge in [-0.2, -0.15) is 0 Å². The molecule has 1 aliphatic rings. The van der Waals surface area contributed by atoms with Gasteiger partial charge in [-0.1, -0.05) is 6.07 Å². The highest BCUT2D eigenvalue weighted by atomic mass is 32.1. The van der Waals surface area contributed by atoms with Crippen molar-refractivity contribution < 1.29 is 9.72 Å². The van der Waals surface area contributed by atoms with Crippen LogP contribution in [0.1, 0.15) is 22.8 Å². The van der Waals surface area contributed by atoms with Gasteiger partial charge in [-0.15, -0.1) is 11.3 Å². The van der Waals surface area contributed by atoms with E-state index in [9.17, 15) is 14.9 Å². The normalized spacial score (nSPS) is 12.9. The first-order valence-corrected chi connectivity index (χ1v) is 9.16. The highest BCUT2D eigenvalue weighted by Crippen LogP contribution is 2.28. The molecule has 0 saturated heterocycles. The Bertz CT molecular complexity index is 1040. The van der Waals surface area contributed by atoms with Gasteiger partial charge in [0.25, 0.3) is 5.69 Å². The zero-order chi connectivity index (χ0) is 19.0. The number of fused-ring (bicyclic) bond motifs is 1. The minimum atomic E-state index is -0.499. The summed E-state index contributed by atoms with van der Waals surface area (Å²) in [5.41, 5.74) is 2.39. The number of carbonyl (C=O) groups is 1. The van der Waals surface area contributed by atoms with Crippen molar-refractivity contribution in [2.45, 2.75) is 26.4 Å². The number of thiophene rings is 1. The van der Waals surface area contributed by atoms with E-state index in [0.717, 1.165) is 16.1 Å². The lowest BCUT2D eigenvalue weighted by molar-refractivity contribution is -0.385. The second-order valence-corrected chi connectivity index (χ2v) is 7.16. The van der Waals surface area contributed by atoms with E-state index in [4.69, 9.17) is 0 Å². The molecule has 0 bridgehead atoms. The Morgan fingerprint density at radius 2 is 2.15 bits per heavy atom.